The van der Waals surface area contributed by atoms with Crippen LogP contribution < -0.4 is 0 Å². The first-order valence-electron chi connectivity index (χ1n) is 9.99. The van der Waals surface area contributed by atoms with Gasteiger partial charge in [-0.05, 0) is 29.3 Å². The van der Waals surface area contributed by atoms with E-state index in [0.29, 0.717) is 0 Å². The number of fused-ring (bicyclic) bond motifs is 1. The van der Waals surface area contributed by atoms with Gasteiger partial charge in [0, 0.05) is 38.4 Å². The van der Waals surface area contributed by atoms with Crippen molar-refractivity contribution >= 4 is 45.4 Å². The fourth-order valence-corrected chi connectivity index (χ4v) is 5.07. The second kappa shape index (κ2) is 8.47. The van der Waals surface area contributed by atoms with Crippen molar-refractivity contribution in [2.24, 2.45) is 0 Å². The largest absolute Gasteiger partial charge is 0.456 e. The molecule has 146 valence electrons. The van der Waals surface area contributed by atoms with Gasteiger partial charge in [0.2, 0.25) is 0 Å². The molecule has 3 heteroatoms. The van der Waals surface area contributed by atoms with Crippen LogP contribution in [-0.2, 0) is 5.75 Å². The van der Waals surface area contributed by atoms with Crippen molar-refractivity contribution in [2.75, 3.05) is 0 Å². The van der Waals surface area contributed by atoms with Crippen LogP contribution in [0.4, 0.5) is 0 Å². The molecule has 0 radical (unpaired) electrons. The van der Waals surface area contributed by atoms with Crippen LogP contribution in [0.2, 0.25) is 0 Å². The van der Waals surface area contributed by atoms with E-state index in [2.05, 4.69) is 78.9 Å². The van der Waals surface area contributed by atoms with Crippen LogP contribution in [0.15, 0.2) is 106 Å². The molecule has 30 heavy (non-hydrogen) atoms. The normalized spacial score (nSPS) is 13.6. The topological polar surface area (TPSA) is 13.1 Å². The number of hydrogen-bond donors (Lipinski definition) is 0. The Labute approximate surface area is 186 Å². The number of allylic oxidation sites excluding steroid dienone is 4. The molecule has 0 spiro atoms. The molecular formula is C27H20OS2. The van der Waals surface area contributed by atoms with Crippen molar-refractivity contribution in [1.29, 1.82) is 0 Å². The maximum atomic E-state index is 6.24. The van der Waals surface area contributed by atoms with Gasteiger partial charge in [0.15, 0.2) is 0 Å². The SMILES string of the molecule is S=C1CC=CC=C1c1c(SCc2ccccc2)cccc1-c1cc2ccccc2o1. The Bertz CT molecular complexity index is 1250. The third-order valence-electron chi connectivity index (χ3n) is 5.23. The quantitative estimate of drug-likeness (QED) is 0.237. The lowest BCUT2D eigenvalue weighted by Crippen LogP contribution is -2.04. The molecule has 0 unspecified atom stereocenters. The lowest BCUT2D eigenvalue weighted by molar-refractivity contribution is 0.631. The third-order valence-corrected chi connectivity index (χ3v) is 6.74. The number of para-hydroxylation sites is 1. The highest BCUT2D eigenvalue weighted by Gasteiger charge is 2.20. The molecular weight excluding hydrogens is 404 g/mol. The summed E-state index contributed by atoms with van der Waals surface area (Å²) in [6, 6.07) is 27.3. The summed E-state index contributed by atoms with van der Waals surface area (Å²) in [5.41, 5.74) is 5.60. The summed E-state index contributed by atoms with van der Waals surface area (Å²) >= 11 is 7.61. The van der Waals surface area contributed by atoms with E-state index in [1.54, 1.807) is 0 Å². The Morgan fingerprint density at radius 3 is 2.57 bits per heavy atom. The number of thiocarbonyl (C=S) groups is 1. The molecule has 0 saturated heterocycles. The lowest BCUT2D eigenvalue weighted by Gasteiger charge is -2.18. The average molecular weight is 425 g/mol. The van der Waals surface area contributed by atoms with Gasteiger partial charge in [-0.3, -0.25) is 0 Å². The lowest BCUT2D eigenvalue weighted by atomic mass is 9.92. The predicted molar refractivity (Wildman–Crippen MR) is 132 cm³/mol. The standard InChI is InChI=1S/C27H20OS2/c29-25-15-7-5-12-22(25)27-21(24-17-20-11-4-6-14-23(20)28-24)13-8-16-26(27)30-18-19-9-2-1-3-10-19/h1-14,16-17H,15,18H2. The minimum absolute atomic E-state index is 0.804. The molecule has 1 aromatic heterocycles. The van der Waals surface area contributed by atoms with Crippen molar-refractivity contribution in [3.8, 4) is 11.3 Å². The van der Waals surface area contributed by atoms with E-state index < -0.39 is 0 Å². The zero-order chi connectivity index (χ0) is 20.3. The van der Waals surface area contributed by atoms with Crippen LogP contribution in [0.1, 0.15) is 17.5 Å². The van der Waals surface area contributed by atoms with Crippen molar-refractivity contribution in [2.45, 2.75) is 17.1 Å². The fraction of sp³-hybridized carbons (Fsp3) is 0.0741. The van der Waals surface area contributed by atoms with Crippen molar-refractivity contribution < 1.29 is 4.42 Å². The zero-order valence-corrected chi connectivity index (χ0v) is 18.0. The monoisotopic (exact) mass is 424 g/mol. The summed E-state index contributed by atoms with van der Waals surface area (Å²) in [5, 5.41) is 1.11. The maximum Gasteiger partial charge on any atom is 0.136 e. The van der Waals surface area contributed by atoms with Gasteiger partial charge in [0.25, 0.3) is 0 Å². The molecule has 0 fully saturated rings. The molecule has 1 aliphatic rings. The highest BCUT2D eigenvalue weighted by Crippen LogP contribution is 2.41. The van der Waals surface area contributed by atoms with Gasteiger partial charge in [-0.1, -0.05) is 91.1 Å². The molecule has 3 aromatic carbocycles. The van der Waals surface area contributed by atoms with Crippen LogP contribution in [-0.4, -0.2) is 4.86 Å². The zero-order valence-electron chi connectivity index (χ0n) is 16.4. The minimum atomic E-state index is 0.804. The first kappa shape index (κ1) is 19.1. The Morgan fingerprint density at radius 1 is 0.900 bits per heavy atom. The molecule has 5 rings (SSSR count). The van der Waals surface area contributed by atoms with Crippen LogP contribution in [0, 0.1) is 0 Å². The van der Waals surface area contributed by atoms with Crippen molar-refractivity contribution in [3.05, 3.63) is 108 Å². The van der Waals surface area contributed by atoms with Gasteiger partial charge >= 0.3 is 0 Å². The predicted octanol–water partition coefficient (Wildman–Crippen LogP) is 8.11. The highest BCUT2D eigenvalue weighted by atomic mass is 32.2. The van der Waals surface area contributed by atoms with Gasteiger partial charge in [0.05, 0.1) is 0 Å². The fourth-order valence-electron chi connectivity index (χ4n) is 3.75. The highest BCUT2D eigenvalue weighted by molar-refractivity contribution is 7.98. The molecule has 1 nitrogen and oxygen atoms in total. The van der Waals surface area contributed by atoms with E-state index in [1.807, 2.05) is 30.0 Å². The summed E-state index contributed by atoms with van der Waals surface area (Å²) in [5.74, 6) is 1.79. The molecule has 0 N–H and O–H groups in total. The summed E-state index contributed by atoms with van der Waals surface area (Å²) in [6.07, 6.45) is 7.16. The van der Waals surface area contributed by atoms with Crippen LogP contribution in [0.3, 0.4) is 0 Å². The van der Waals surface area contributed by atoms with Gasteiger partial charge in [-0.15, -0.1) is 11.8 Å². The summed E-state index contributed by atoms with van der Waals surface area (Å²) in [4.78, 5) is 2.20. The molecule has 0 saturated carbocycles. The van der Waals surface area contributed by atoms with E-state index in [1.165, 1.54) is 16.0 Å². The van der Waals surface area contributed by atoms with E-state index in [9.17, 15) is 0 Å². The number of benzene rings is 3. The summed E-state index contributed by atoms with van der Waals surface area (Å²) < 4.78 is 6.24. The third kappa shape index (κ3) is 3.79. The van der Waals surface area contributed by atoms with E-state index >= 15 is 0 Å². The Balaban J connectivity index is 1.63. The minimum Gasteiger partial charge on any atom is -0.456 e. The molecule has 1 heterocycles. The molecule has 4 aromatic rings. The first-order valence-corrected chi connectivity index (χ1v) is 11.4. The Hall–Kier alpha value is -2.88. The second-order valence-electron chi connectivity index (χ2n) is 7.24. The van der Waals surface area contributed by atoms with Gasteiger partial charge in [0.1, 0.15) is 11.3 Å². The van der Waals surface area contributed by atoms with E-state index in [0.717, 1.165) is 44.9 Å². The molecule has 0 aliphatic heterocycles. The van der Waals surface area contributed by atoms with Crippen molar-refractivity contribution in [1.82, 2.24) is 0 Å². The summed E-state index contributed by atoms with van der Waals surface area (Å²) in [7, 11) is 0. The molecule has 0 bridgehead atoms. The Kier molecular flexibility index (Phi) is 5.39. The smallest absolute Gasteiger partial charge is 0.136 e. The number of rotatable bonds is 5. The Morgan fingerprint density at radius 2 is 1.73 bits per heavy atom. The maximum absolute atomic E-state index is 6.24. The van der Waals surface area contributed by atoms with Crippen LogP contribution in [0.5, 0.6) is 0 Å². The van der Waals surface area contributed by atoms with Gasteiger partial charge < -0.3 is 4.42 Å². The van der Waals surface area contributed by atoms with Crippen LogP contribution in [0.25, 0.3) is 27.9 Å². The van der Waals surface area contributed by atoms with Gasteiger partial charge in [-0.2, -0.15) is 0 Å². The van der Waals surface area contributed by atoms with Crippen molar-refractivity contribution in [3.63, 3.8) is 0 Å². The number of thioether (sulfide) groups is 1. The second-order valence-corrected chi connectivity index (χ2v) is 8.75. The average Bonchev–Trinajstić information content (AvgIpc) is 3.23. The molecule has 1 aliphatic carbocycles. The summed E-state index contributed by atoms with van der Waals surface area (Å²) in [6.45, 7) is 0. The van der Waals surface area contributed by atoms with Crippen LogP contribution >= 0.6 is 24.0 Å². The molecule has 0 amide bonds. The van der Waals surface area contributed by atoms with E-state index in [4.69, 9.17) is 16.6 Å². The molecule has 0 atom stereocenters. The number of furan rings is 1. The van der Waals surface area contributed by atoms with E-state index in [-0.39, 0.29) is 0 Å². The van der Waals surface area contributed by atoms with Gasteiger partial charge in [-0.25, -0.2) is 0 Å². The first-order chi connectivity index (χ1) is 14.8. The number of hydrogen-bond acceptors (Lipinski definition) is 3.